The normalized spacial score (nSPS) is 11.7. The fourth-order valence-electron chi connectivity index (χ4n) is 2.39. The van der Waals surface area contributed by atoms with Crippen molar-refractivity contribution in [3.05, 3.63) is 52.7 Å². The Kier molecular flexibility index (Phi) is 5.09. The molecule has 0 saturated carbocycles. The van der Waals surface area contributed by atoms with Gasteiger partial charge in [-0.2, -0.15) is 5.26 Å². The molecule has 1 aromatic carbocycles. The topological polar surface area (TPSA) is 83.2 Å². The van der Waals surface area contributed by atoms with Crippen molar-refractivity contribution in [2.75, 3.05) is 6.61 Å². The number of aromatic nitrogens is 1. The van der Waals surface area contributed by atoms with Crippen LogP contribution in [-0.2, 0) is 4.74 Å². The number of carbonyl (C=O) groups is 1. The molecule has 0 amide bonds. The van der Waals surface area contributed by atoms with E-state index >= 15 is 0 Å². The van der Waals surface area contributed by atoms with Gasteiger partial charge in [-0.1, -0.05) is 24.3 Å². The van der Waals surface area contributed by atoms with Crippen LogP contribution >= 0.6 is 0 Å². The number of carboxylic acids is 1. The maximum atomic E-state index is 11.2. The highest BCUT2D eigenvalue weighted by atomic mass is 16.5. The van der Waals surface area contributed by atoms with Crippen molar-refractivity contribution < 1.29 is 14.6 Å². The molecule has 1 atom stereocenters. The molecular formula is C18H18N2O3. The number of nitriles is 1. The molecule has 0 fully saturated rings. The van der Waals surface area contributed by atoms with Crippen LogP contribution < -0.4 is 0 Å². The van der Waals surface area contributed by atoms with Crippen LogP contribution in [0.15, 0.2) is 30.3 Å². The molecule has 0 bridgehead atoms. The fraction of sp³-hybridized carbons (Fsp3) is 0.278. The maximum absolute atomic E-state index is 11.2. The Morgan fingerprint density at radius 3 is 2.57 bits per heavy atom. The van der Waals surface area contributed by atoms with Gasteiger partial charge in [0.2, 0.25) is 0 Å². The van der Waals surface area contributed by atoms with E-state index in [1.807, 2.05) is 44.2 Å². The van der Waals surface area contributed by atoms with Crippen molar-refractivity contribution in [1.29, 1.82) is 5.26 Å². The zero-order valence-electron chi connectivity index (χ0n) is 13.3. The van der Waals surface area contributed by atoms with Gasteiger partial charge in [0.15, 0.2) is 0 Å². The number of ether oxygens (including phenoxy) is 1. The van der Waals surface area contributed by atoms with Gasteiger partial charge in [0, 0.05) is 12.2 Å². The maximum Gasteiger partial charge on any atom is 0.337 e. The summed E-state index contributed by atoms with van der Waals surface area (Å²) < 4.78 is 5.55. The van der Waals surface area contributed by atoms with Gasteiger partial charge in [-0.3, -0.25) is 4.98 Å². The Hall–Kier alpha value is -2.71. The highest BCUT2D eigenvalue weighted by Gasteiger charge is 2.15. The summed E-state index contributed by atoms with van der Waals surface area (Å²) in [6.45, 7) is 6.18. The van der Waals surface area contributed by atoms with Gasteiger partial charge in [0.05, 0.1) is 28.6 Å². The van der Waals surface area contributed by atoms with Crippen molar-refractivity contribution >= 4 is 5.97 Å². The molecule has 0 spiro atoms. The lowest BCUT2D eigenvalue weighted by Crippen LogP contribution is -2.05. The van der Waals surface area contributed by atoms with E-state index in [1.54, 1.807) is 6.92 Å². The van der Waals surface area contributed by atoms with Gasteiger partial charge in [-0.25, -0.2) is 4.79 Å². The second kappa shape index (κ2) is 7.03. The van der Waals surface area contributed by atoms with E-state index in [4.69, 9.17) is 9.84 Å². The number of hydrogen-bond acceptors (Lipinski definition) is 4. The van der Waals surface area contributed by atoms with Crippen molar-refractivity contribution in [3.63, 3.8) is 0 Å². The second-order valence-corrected chi connectivity index (χ2v) is 5.15. The van der Waals surface area contributed by atoms with Crippen LogP contribution in [0.2, 0.25) is 0 Å². The largest absolute Gasteiger partial charge is 0.478 e. The highest BCUT2D eigenvalue weighted by molar-refractivity contribution is 5.90. The first kappa shape index (κ1) is 16.7. The molecule has 1 N–H and O–H groups in total. The summed E-state index contributed by atoms with van der Waals surface area (Å²) in [6, 6.07) is 11.0. The Labute approximate surface area is 135 Å². The third-order valence-corrected chi connectivity index (χ3v) is 3.63. The minimum Gasteiger partial charge on any atom is -0.478 e. The van der Waals surface area contributed by atoms with Crippen LogP contribution in [0, 0.1) is 18.3 Å². The first-order chi connectivity index (χ1) is 11.0. The fourth-order valence-corrected chi connectivity index (χ4v) is 2.39. The van der Waals surface area contributed by atoms with Crippen LogP contribution in [0.4, 0.5) is 0 Å². The minimum atomic E-state index is -1.08. The zero-order valence-corrected chi connectivity index (χ0v) is 13.3. The molecule has 0 saturated heterocycles. The van der Waals surface area contributed by atoms with Gasteiger partial charge >= 0.3 is 5.97 Å². The summed E-state index contributed by atoms with van der Waals surface area (Å²) >= 11 is 0. The van der Waals surface area contributed by atoms with Crippen molar-refractivity contribution in [3.8, 4) is 17.3 Å². The molecule has 23 heavy (non-hydrogen) atoms. The van der Waals surface area contributed by atoms with Gasteiger partial charge in [-0.05, 0) is 32.4 Å². The number of aromatic carboxylic acids is 1. The van der Waals surface area contributed by atoms with E-state index in [2.05, 4.69) is 4.98 Å². The summed E-state index contributed by atoms with van der Waals surface area (Å²) in [5, 5.41) is 18.4. The van der Waals surface area contributed by atoms with Crippen molar-refractivity contribution in [1.82, 2.24) is 4.98 Å². The van der Waals surface area contributed by atoms with Gasteiger partial charge in [0.25, 0.3) is 0 Å². The SMILES string of the molecule is CCOC(C)c1ccc(-c2nc(C)c(C(=O)O)cc2C#N)cc1. The van der Waals surface area contributed by atoms with Crippen molar-refractivity contribution in [2.45, 2.75) is 26.9 Å². The summed E-state index contributed by atoms with van der Waals surface area (Å²) in [6.07, 6.45) is -0.00595. The molecule has 1 unspecified atom stereocenters. The van der Waals surface area contributed by atoms with Crippen LogP contribution in [-0.4, -0.2) is 22.7 Å². The molecule has 0 aliphatic rings. The number of rotatable bonds is 5. The van der Waals surface area contributed by atoms with Crippen molar-refractivity contribution in [2.24, 2.45) is 0 Å². The molecule has 1 aromatic heterocycles. The lowest BCUT2D eigenvalue weighted by Gasteiger charge is -2.13. The van der Waals surface area contributed by atoms with E-state index in [0.717, 1.165) is 11.1 Å². The zero-order chi connectivity index (χ0) is 17.0. The lowest BCUT2D eigenvalue weighted by atomic mass is 10.0. The Morgan fingerprint density at radius 2 is 2.04 bits per heavy atom. The number of pyridine rings is 1. The molecule has 1 heterocycles. The first-order valence-corrected chi connectivity index (χ1v) is 7.34. The number of carboxylic acid groups (broad SMARTS) is 1. The van der Waals surface area contributed by atoms with Crippen LogP contribution in [0.1, 0.15) is 47.1 Å². The Bertz CT molecular complexity index is 761. The quantitative estimate of drug-likeness (QED) is 0.909. The molecule has 5 nitrogen and oxygen atoms in total. The molecule has 0 aliphatic carbocycles. The standard InChI is InChI=1S/C18H18N2O3/c1-4-23-12(3)13-5-7-14(8-6-13)17-15(10-19)9-16(18(21)22)11(2)20-17/h5-9,12H,4H2,1-3H3,(H,21,22). The molecule has 2 aromatic rings. The third-order valence-electron chi connectivity index (χ3n) is 3.63. The van der Waals surface area contributed by atoms with Gasteiger partial charge in [-0.15, -0.1) is 0 Å². The molecule has 2 rings (SSSR count). The lowest BCUT2D eigenvalue weighted by molar-refractivity contribution is 0.0695. The predicted molar refractivity (Wildman–Crippen MR) is 86.1 cm³/mol. The molecular weight excluding hydrogens is 292 g/mol. The van der Waals surface area contributed by atoms with Gasteiger partial charge in [0.1, 0.15) is 6.07 Å². The Morgan fingerprint density at radius 1 is 1.39 bits per heavy atom. The summed E-state index contributed by atoms with van der Waals surface area (Å²) in [5.41, 5.74) is 2.98. The third kappa shape index (κ3) is 3.55. The summed E-state index contributed by atoms with van der Waals surface area (Å²) in [7, 11) is 0. The number of hydrogen-bond donors (Lipinski definition) is 1. The van der Waals surface area contributed by atoms with E-state index < -0.39 is 5.97 Å². The van der Waals surface area contributed by atoms with E-state index in [1.165, 1.54) is 6.07 Å². The molecule has 5 heteroatoms. The molecule has 0 radical (unpaired) electrons. The monoisotopic (exact) mass is 310 g/mol. The average Bonchev–Trinajstić information content (AvgIpc) is 2.54. The van der Waals surface area contributed by atoms with E-state index in [-0.39, 0.29) is 17.2 Å². The Balaban J connectivity index is 2.44. The molecule has 0 aliphatic heterocycles. The van der Waals surface area contributed by atoms with E-state index in [9.17, 15) is 10.1 Å². The van der Waals surface area contributed by atoms with Crippen LogP contribution in [0.25, 0.3) is 11.3 Å². The van der Waals surface area contributed by atoms with Crippen LogP contribution in [0.5, 0.6) is 0 Å². The number of benzene rings is 1. The summed E-state index contributed by atoms with van der Waals surface area (Å²) in [4.78, 5) is 15.5. The van der Waals surface area contributed by atoms with E-state index in [0.29, 0.717) is 18.0 Å². The highest BCUT2D eigenvalue weighted by Crippen LogP contribution is 2.26. The van der Waals surface area contributed by atoms with Crippen LogP contribution in [0.3, 0.4) is 0 Å². The minimum absolute atomic E-state index is 0.00595. The second-order valence-electron chi connectivity index (χ2n) is 5.15. The average molecular weight is 310 g/mol. The number of aryl methyl sites for hydroxylation is 1. The number of nitrogens with zero attached hydrogens (tertiary/aromatic N) is 2. The molecule has 118 valence electrons. The first-order valence-electron chi connectivity index (χ1n) is 7.34. The smallest absolute Gasteiger partial charge is 0.337 e. The van der Waals surface area contributed by atoms with Gasteiger partial charge < -0.3 is 9.84 Å². The summed E-state index contributed by atoms with van der Waals surface area (Å²) in [5.74, 6) is -1.08. The predicted octanol–water partition coefficient (Wildman–Crippen LogP) is 3.72.